The molecule has 1 aliphatic rings. The number of fused-ring (bicyclic) bond motifs is 1. The lowest BCUT2D eigenvalue weighted by Crippen LogP contribution is -2.07. The minimum atomic E-state index is -0.262. The average molecular weight is 206 g/mol. The third-order valence-electron chi connectivity index (χ3n) is 2.60. The number of esters is 1. The van der Waals surface area contributed by atoms with E-state index in [1.54, 1.807) is 6.20 Å². The first kappa shape index (κ1) is 10.1. The molecule has 0 saturated carbocycles. The van der Waals surface area contributed by atoms with Gasteiger partial charge in [-0.2, -0.15) is 0 Å². The van der Waals surface area contributed by atoms with Crippen LogP contribution in [0.3, 0.4) is 0 Å². The maximum absolute atomic E-state index is 10.9. The lowest BCUT2D eigenvalue weighted by Gasteiger charge is -2.09. The van der Waals surface area contributed by atoms with E-state index in [0.717, 1.165) is 23.5 Å². The number of aromatic nitrogens is 2. The molecule has 1 heterocycles. The van der Waals surface area contributed by atoms with Crippen molar-refractivity contribution >= 4 is 5.97 Å². The molecular formula is C11H14N2O2. The van der Waals surface area contributed by atoms with E-state index in [2.05, 4.69) is 16.9 Å². The van der Waals surface area contributed by atoms with Crippen LogP contribution in [-0.2, 0) is 9.53 Å². The SMILES string of the molecule is CC(=O)OC1CC(C)c2nc(C)cnc21. The minimum Gasteiger partial charge on any atom is -0.456 e. The first-order valence-corrected chi connectivity index (χ1v) is 5.08. The Hall–Kier alpha value is -1.45. The van der Waals surface area contributed by atoms with Crippen molar-refractivity contribution in [1.29, 1.82) is 0 Å². The van der Waals surface area contributed by atoms with E-state index in [1.807, 2.05) is 6.92 Å². The van der Waals surface area contributed by atoms with Gasteiger partial charge in [-0.1, -0.05) is 6.92 Å². The third-order valence-corrected chi connectivity index (χ3v) is 2.60. The van der Waals surface area contributed by atoms with Crippen LogP contribution in [0.4, 0.5) is 0 Å². The molecule has 2 unspecified atom stereocenters. The van der Waals surface area contributed by atoms with Crippen LogP contribution >= 0.6 is 0 Å². The molecule has 0 amide bonds. The Bertz CT molecular complexity index is 404. The van der Waals surface area contributed by atoms with Crippen LogP contribution in [0.25, 0.3) is 0 Å². The van der Waals surface area contributed by atoms with Crippen molar-refractivity contribution < 1.29 is 9.53 Å². The summed E-state index contributed by atoms with van der Waals surface area (Å²) < 4.78 is 5.21. The first-order valence-electron chi connectivity index (χ1n) is 5.08. The molecule has 1 aliphatic carbocycles. The highest BCUT2D eigenvalue weighted by Crippen LogP contribution is 2.39. The van der Waals surface area contributed by atoms with Crippen LogP contribution in [-0.4, -0.2) is 15.9 Å². The number of carbonyl (C=O) groups is 1. The largest absolute Gasteiger partial charge is 0.456 e. The molecule has 1 aromatic rings. The third kappa shape index (κ3) is 1.84. The normalized spacial score (nSPS) is 23.7. The summed E-state index contributed by atoms with van der Waals surface area (Å²) in [5.41, 5.74) is 2.70. The van der Waals surface area contributed by atoms with Gasteiger partial charge in [0.1, 0.15) is 11.8 Å². The average Bonchev–Trinajstić information content (AvgIpc) is 2.42. The summed E-state index contributed by atoms with van der Waals surface area (Å²) in [4.78, 5) is 19.7. The van der Waals surface area contributed by atoms with Gasteiger partial charge in [0.25, 0.3) is 0 Å². The number of carbonyl (C=O) groups excluding carboxylic acids is 1. The maximum Gasteiger partial charge on any atom is 0.303 e. The predicted molar refractivity (Wildman–Crippen MR) is 54.3 cm³/mol. The van der Waals surface area contributed by atoms with Crippen molar-refractivity contribution in [3.8, 4) is 0 Å². The van der Waals surface area contributed by atoms with Crippen molar-refractivity contribution in [2.24, 2.45) is 0 Å². The lowest BCUT2D eigenvalue weighted by molar-refractivity contribution is -0.146. The molecule has 0 saturated heterocycles. The molecule has 80 valence electrons. The summed E-state index contributed by atoms with van der Waals surface area (Å²) in [6.45, 7) is 5.42. The molecule has 0 spiro atoms. The molecule has 0 aliphatic heterocycles. The van der Waals surface area contributed by atoms with Crippen LogP contribution in [0.5, 0.6) is 0 Å². The topological polar surface area (TPSA) is 52.1 Å². The summed E-state index contributed by atoms with van der Waals surface area (Å²) in [6.07, 6.45) is 2.30. The fraction of sp³-hybridized carbons (Fsp3) is 0.545. The second kappa shape index (κ2) is 3.61. The van der Waals surface area contributed by atoms with Gasteiger partial charge in [-0.05, 0) is 13.3 Å². The molecule has 15 heavy (non-hydrogen) atoms. The number of hydrogen-bond donors (Lipinski definition) is 0. The van der Waals surface area contributed by atoms with E-state index < -0.39 is 0 Å². The monoisotopic (exact) mass is 206 g/mol. The Balaban J connectivity index is 2.33. The quantitative estimate of drug-likeness (QED) is 0.658. The van der Waals surface area contributed by atoms with Crippen LogP contribution < -0.4 is 0 Å². The van der Waals surface area contributed by atoms with E-state index in [4.69, 9.17) is 4.74 Å². The van der Waals surface area contributed by atoms with Crippen molar-refractivity contribution in [3.05, 3.63) is 23.3 Å². The molecular weight excluding hydrogens is 192 g/mol. The van der Waals surface area contributed by atoms with Crippen LogP contribution in [0.2, 0.25) is 0 Å². The Kier molecular flexibility index (Phi) is 2.42. The Labute approximate surface area is 88.7 Å². The van der Waals surface area contributed by atoms with Crippen molar-refractivity contribution in [3.63, 3.8) is 0 Å². The van der Waals surface area contributed by atoms with E-state index in [-0.39, 0.29) is 12.1 Å². The Morgan fingerprint density at radius 3 is 2.93 bits per heavy atom. The molecule has 1 aromatic heterocycles. The molecule has 2 rings (SSSR count). The molecule has 4 heteroatoms. The Morgan fingerprint density at radius 2 is 2.27 bits per heavy atom. The zero-order valence-corrected chi connectivity index (χ0v) is 9.15. The smallest absolute Gasteiger partial charge is 0.303 e. The van der Waals surface area contributed by atoms with Crippen molar-refractivity contribution in [2.45, 2.75) is 39.2 Å². The second-order valence-corrected chi connectivity index (χ2v) is 4.02. The highest BCUT2D eigenvalue weighted by Gasteiger charge is 2.33. The molecule has 2 atom stereocenters. The lowest BCUT2D eigenvalue weighted by atomic mass is 10.1. The summed E-state index contributed by atoms with van der Waals surface area (Å²) in [5.74, 6) is 0.0548. The van der Waals surface area contributed by atoms with Gasteiger partial charge in [0.2, 0.25) is 0 Å². The minimum absolute atomic E-state index is 0.208. The van der Waals surface area contributed by atoms with Gasteiger partial charge in [0.05, 0.1) is 11.4 Å². The number of hydrogen-bond acceptors (Lipinski definition) is 4. The molecule has 0 radical (unpaired) electrons. The highest BCUT2D eigenvalue weighted by molar-refractivity contribution is 5.66. The van der Waals surface area contributed by atoms with Gasteiger partial charge in [-0.25, -0.2) is 0 Å². The van der Waals surface area contributed by atoms with E-state index in [1.165, 1.54) is 6.92 Å². The van der Waals surface area contributed by atoms with E-state index in [0.29, 0.717) is 5.92 Å². The first-order chi connectivity index (χ1) is 7.08. The van der Waals surface area contributed by atoms with Gasteiger partial charge in [-0.3, -0.25) is 14.8 Å². The van der Waals surface area contributed by atoms with E-state index >= 15 is 0 Å². The summed E-state index contributed by atoms with van der Waals surface area (Å²) in [6, 6.07) is 0. The van der Waals surface area contributed by atoms with Gasteiger partial charge in [0, 0.05) is 19.0 Å². The van der Waals surface area contributed by atoms with E-state index in [9.17, 15) is 4.79 Å². The fourth-order valence-electron chi connectivity index (χ4n) is 1.96. The molecule has 0 fully saturated rings. The number of nitrogens with zero attached hydrogens (tertiary/aromatic N) is 2. The summed E-state index contributed by atoms with van der Waals surface area (Å²) >= 11 is 0. The van der Waals surface area contributed by atoms with Crippen molar-refractivity contribution in [1.82, 2.24) is 9.97 Å². The fourth-order valence-corrected chi connectivity index (χ4v) is 1.96. The number of aryl methyl sites for hydroxylation is 1. The summed E-state index contributed by atoms with van der Waals surface area (Å²) in [7, 11) is 0. The van der Waals surface area contributed by atoms with Crippen LogP contribution in [0.1, 0.15) is 49.4 Å². The molecule has 0 N–H and O–H groups in total. The van der Waals surface area contributed by atoms with Crippen LogP contribution in [0, 0.1) is 6.92 Å². The highest BCUT2D eigenvalue weighted by atomic mass is 16.5. The number of ether oxygens (including phenoxy) is 1. The van der Waals surface area contributed by atoms with Crippen LogP contribution in [0.15, 0.2) is 6.20 Å². The van der Waals surface area contributed by atoms with Gasteiger partial charge >= 0.3 is 5.97 Å². The number of rotatable bonds is 1. The van der Waals surface area contributed by atoms with Gasteiger partial charge < -0.3 is 4.74 Å². The Morgan fingerprint density at radius 1 is 1.53 bits per heavy atom. The summed E-state index contributed by atoms with van der Waals surface area (Å²) in [5, 5.41) is 0. The predicted octanol–water partition coefficient (Wildman–Crippen LogP) is 1.90. The molecule has 0 bridgehead atoms. The van der Waals surface area contributed by atoms with Crippen molar-refractivity contribution in [2.75, 3.05) is 0 Å². The zero-order valence-electron chi connectivity index (χ0n) is 9.15. The zero-order chi connectivity index (χ0) is 11.0. The molecule has 0 aromatic carbocycles. The van der Waals surface area contributed by atoms with Gasteiger partial charge in [-0.15, -0.1) is 0 Å². The van der Waals surface area contributed by atoms with Gasteiger partial charge in [0.15, 0.2) is 0 Å². The second-order valence-electron chi connectivity index (χ2n) is 4.02. The maximum atomic E-state index is 10.9. The molecule has 4 nitrogen and oxygen atoms in total. The standard InChI is InChI=1S/C11H14N2O2/c1-6-4-9(15-8(3)14)11-10(6)13-7(2)5-12-11/h5-6,9H,4H2,1-3H3.